The average Bonchev–Trinajstić information content (AvgIpc) is 1.65. The third-order valence-electron chi connectivity index (χ3n) is 16.4. The van der Waals surface area contributed by atoms with Crippen LogP contribution in [0.4, 0.5) is 0 Å². The number of benzene rings is 10. The Labute approximate surface area is 512 Å². The molecule has 8 nitrogen and oxygen atoms in total. The molecule has 0 saturated heterocycles. The van der Waals surface area contributed by atoms with E-state index in [1.807, 2.05) is 79.3 Å². The monoisotopic (exact) mass is 1290 g/mol. The first kappa shape index (κ1) is 53.9. The standard InChI is InChI=1S/C42H27N5.C35H29N2O.Ir/c1-3-12-30(13-4-1)40-33(16-11-25-44-40)26-29-22-23-37-39(27-29)47-41-35(31-14-9-15-32(28-31)36-20-7-8-24-43-36)19-10-21-38(41)46(42(47)45-37)34-17-5-2-6-18-34;1-21(2)25-11-7-12-26(22(3)4)33(25)37-18-17-36-35(37)29-14-8-13-28-31-19-24-16-15-23-9-5-6-10-27(23)30(24)20-32(31)38-34(28)29;/h1-12,14,16-25,27-28H,26H2;5-13,15-22H,1-4H3;/q-2;-1;+3. The molecule has 0 spiro atoms. The molecule has 0 radical (unpaired) electrons. The first-order chi connectivity index (χ1) is 41.8. The van der Waals surface area contributed by atoms with Gasteiger partial charge in [0.1, 0.15) is 5.58 Å². The number of para-hydroxylation sites is 3. The Morgan fingerprint density at radius 1 is 0.535 bits per heavy atom. The minimum Gasteiger partial charge on any atom is -0.501 e. The summed E-state index contributed by atoms with van der Waals surface area (Å²) in [6, 6.07) is 86.3. The van der Waals surface area contributed by atoms with Gasteiger partial charge in [0.15, 0.2) is 0 Å². The predicted molar refractivity (Wildman–Crippen MR) is 347 cm³/mol. The molecule has 0 saturated carbocycles. The van der Waals surface area contributed by atoms with Crippen LogP contribution in [-0.2, 0) is 26.5 Å². The van der Waals surface area contributed by atoms with Crippen LogP contribution in [-0.4, -0.2) is 33.5 Å². The smallest absolute Gasteiger partial charge is 0.501 e. The number of imidazole rings is 3. The normalized spacial score (nSPS) is 11.7. The van der Waals surface area contributed by atoms with Crippen molar-refractivity contribution in [1.82, 2.24) is 33.5 Å². The van der Waals surface area contributed by atoms with E-state index in [1.54, 1.807) is 0 Å². The van der Waals surface area contributed by atoms with Crippen molar-refractivity contribution in [1.29, 1.82) is 0 Å². The molecule has 10 aromatic carbocycles. The molecule has 0 unspecified atom stereocenters. The van der Waals surface area contributed by atoms with Crippen LogP contribution in [0.25, 0.3) is 128 Å². The van der Waals surface area contributed by atoms with E-state index in [0.29, 0.717) is 11.8 Å². The van der Waals surface area contributed by atoms with Gasteiger partial charge in [-0.25, -0.2) is 4.98 Å². The molecule has 0 aliphatic carbocycles. The maximum atomic E-state index is 6.63. The number of pyridine rings is 2. The summed E-state index contributed by atoms with van der Waals surface area (Å²) in [6.07, 6.45) is 8.36. The van der Waals surface area contributed by atoms with Crippen LogP contribution in [0.2, 0.25) is 0 Å². The first-order valence-corrected chi connectivity index (χ1v) is 29.0. The predicted octanol–water partition coefficient (Wildman–Crippen LogP) is 19.2. The molecule has 0 amide bonds. The van der Waals surface area contributed by atoms with Crippen LogP contribution >= 0.6 is 0 Å². The van der Waals surface area contributed by atoms with Gasteiger partial charge in [0, 0.05) is 41.5 Å². The fourth-order valence-corrected chi connectivity index (χ4v) is 12.5. The van der Waals surface area contributed by atoms with Gasteiger partial charge in [-0.3, -0.25) is 14.0 Å². The van der Waals surface area contributed by atoms with E-state index in [9.17, 15) is 0 Å². The fraction of sp³-hybridized carbons (Fsp3) is 0.0909. The van der Waals surface area contributed by atoms with Crippen LogP contribution in [0.15, 0.2) is 248 Å². The number of hydrogen-bond donors (Lipinski definition) is 0. The van der Waals surface area contributed by atoms with E-state index in [2.05, 4.69) is 228 Å². The summed E-state index contributed by atoms with van der Waals surface area (Å²) in [6.45, 7) is 9.00. The van der Waals surface area contributed by atoms with Crippen molar-refractivity contribution in [3.63, 3.8) is 0 Å². The molecular weight excluding hydrogens is 1230 g/mol. The molecule has 0 N–H and O–H groups in total. The minimum absolute atomic E-state index is 0. The second-order valence-corrected chi connectivity index (χ2v) is 22.4. The Morgan fingerprint density at radius 2 is 1.31 bits per heavy atom. The van der Waals surface area contributed by atoms with Crippen molar-refractivity contribution in [3.05, 3.63) is 284 Å². The van der Waals surface area contributed by atoms with Gasteiger partial charge in [-0.05, 0) is 128 Å². The minimum atomic E-state index is 0. The van der Waals surface area contributed by atoms with Crippen LogP contribution < -0.4 is 0 Å². The molecule has 6 aromatic heterocycles. The number of furan rings is 1. The zero-order valence-corrected chi connectivity index (χ0v) is 50.2. The maximum absolute atomic E-state index is 6.63. The molecular formula is C77H56IrN7O. The van der Waals surface area contributed by atoms with Gasteiger partial charge in [0.05, 0.1) is 33.5 Å². The van der Waals surface area contributed by atoms with Gasteiger partial charge in [0.2, 0.25) is 5.78 Å². The van der Waals surface area contributed by atoms with Gasteiger partial charge >= 0.3 is 20.1 Å². The van der Waals surface area contributed by atoms with Crippen molar-refractivity contribution in [2.75, 3.05) is 0 Å². The van der Waals surface area contributed by atoms with Crippen molar-refractivity contribution < 1.29 is 24.5 Å². The molecule has 0 aliphatic rings. The Balaban J connectivity index is 0.000000154. The van der Waals surface area contributed by atoms with E-state index in [4.69, 9.17) is 19.4 Å². The van der Waals surface area contributed by atoms with Crippen molar-refractivity contribution >= 4 is 71.3 Å². The molecule has 16 aromatic rings. The molecule has 0 bridgehead atoms. The number of rotatable bonds is 10. The summed E-state index contributed by atoms with van der Waals surface area (Å²) in [5.41, 5.74) is 20.1. The van der Waals surface area contributed by atoms with E-state index in [0.717, 1.165) is 112 Å². The molecule has 6 heterocycles. The SMILES string of the molecule is CC(C)c1cccc(C(C)C)c1-n1ccnc1-c1[c-]ccc2c1oc1cc3c(ccc4ccccc43)cc12.[Ir+3].[c-]1ccc(-c2cccc3c2n2c4cc(Cc5cccnc5-c5[c-]cccc5)ccc4nc2n3-c2ccccc2)cc1-c1ccccn1. The van der Waals surface area contributed by atoms with Crippen molar-refractivity contribution in [3.8, 4) is 56.4 Å². The largest absolute Gasteiger partial charge is 3.00 e. The molecule has 0 atom stereocenters. The Bertz CT molecular complexity index is 5150. The summed E-state index contributed by atoms with van der Waals surface area (Å²) in [5.74, 6) is 2.48. The number of fused-ring (bicyclic) bond motifs is 11. The molecule has 414 valence electrons. The molecule has 16 rings (SSSR count). The van der Waals surface area contributed by atoms with Gasteiger partial charge in [-0.1, -0.05) is 159 Å². The molecule has 0 fully saturated rings. The molecule has 0 aliphatic heterocycles. The quantitative estimate of drug-likeness (QED) is 0.101. The summed E-state index contributed by atoms with van der Waals surface area (Å²) in [7, 11) is 0. The van der Waals surface area contributed by atoms with E-state index in [-0.39, 0.29) is 20.1 Å². The number of hydrogen-bond acceptors (Lipinski definition) is 5. The summed E-state index contributed by atoms with van der Waals surface area (Å²) in [5, 5.41) is 7.08. The Kier molecular flexibility index (Phi) is 14.1. The molecule has 9 heteroatoms. The zero-order chi connectivity index (χ0) is 57.1. The second kappa shape index (κ2) is 22.5. The van der Waals surface area contributed by atoms with E-state index < -0.39 is 0 Å². The van der Waals surface area contributed by atoms with E-state index >= 15 is 0 Å². The van der Waals surface area contributed by atoms with Crippen LogP contribution in [0.5, 0.6) is 0 Å². The van der Waals surface area contributed by atoms with Crippen LogP contribution in [0.3, 0.4) is 0 Å². The third kappa shape index (κ3) is 9.46. The average molecular weight is 1290 g/mol. The van der Waals surface area contributed by atoms with Gasteiger partial charge in [0.25, 0.3) is 0 Å². The Hall–Kier alpha value is -10.1. The summed E-state index contributed by atoms with van der Waals surface area (Å²) >= 11 is 0. The topological polar surface area (TPSA) is 79.0 Å². The van der Waals surface area contributed by atoms with Gasteiger partial charge in [-0.2, -0.15) is 0 Å². The van der Waals surface area contributed by atoms with Crippen LogP contribution in [0.1, 0.15) is 61.8 Å². The fourth-order valence-electron chi connectivity index (χ4n) is 12.5. The first-order valence-electron chi connectivity index (χ1n) is 29.0. The second-order valence-electron chi connectivity index (χ2n) is 22.4. The summed E-state index contributed by atoms with van der Waals surface area (Å²) < 4.78 is 13.4. The van der Waals surface area contributed by atoms with Crippen molar-refractivity contribution in [2.24, 2.45) is 0 Å². The maximum Gasteiger partial charge on any atom is 3.00 e. The van der Waals surface area contributed by atoms with Gasteiger partial charge < -0.3 is 19.0 Å². The van der Waals surface area contributed by atoms with Gasteiger partial charge in [-0.15, -0.1) is 83.9 Å². The third-order valence-corrected chi connectivity index (χ3v) is 16.4. The van der Waals surface area contributed by atoms with E-state index in [1.165, 1.54) is 43.9 Å². The number of nitrogens with zero attached hydrogens (tertiary/aromatic N) is 7. The van der Waals surface area contributed by atoms with Crippen molar-refractivity contribution in [2.45, 2.75) is 46.0 Å². The summed E-state index contributed by atoms with van der Waals surface area (Å²) in [4.78, 5) is 19.4. The van der Waals surface area contributed by atoms with Crippen LogP contribution in [0, 0.1) is 18.2 Å². The number of aromatic nitrogens is 7. The molecule has 86 heavy (non-hydrogen) atoms. The Morgan fingerprint density at radius 3 is 2.14 bits per heavy atom. The zero-order valence-electron chi connectivity index (χ0n) is 47.8.